The van der Waals surface area contributed by atoms with Crippen LogP contribution in [0.25, 0.3) is 11.0 Å². The number of carbonyl (C=O) groups is 1. The van der Waals surface area contributed by atoms with Crippen LogP contribution in [0.1, 0.15) is 42.4 Å². The number of anilines is 1. The van der Waals surface area contributed by atoms with Crippen molar-refractivity contribution in [3.63, 3.8) is 0 Å². The van der Waals surface area contributed by atoms with Crippen LogP contribution in [0.3, 0.4) is 0 Å². The molecule has 1 N–H and O–H groups in total. The van der Waals surface area contributed by atoms with Gasteiger partial charge in [-0.1, -0.05) is 18.5 Å². The Balaban J connectivity index is 2.04. The number of aromatic nitrogens is 1. The molecule has 2 aromatic heterocycles. The predicted molar refractivity (Wildman–Crippen MR) is 99.5 cm³/mol. The summed E-state index contributed by atoms with van der Waals surface area (Å²) in [4.78, 5) is 22.0. The first-order valence-electron chi connectivity index (χ1n) is 8.74. The van der Waals surface area contributed by atoms with Gasteiger partial charge in [-0.15, -0.1) is 0 Å². The van der Waals surface area contributed by atoms with E-state index in [-0.39, 0.29) is 23.8 Å². The topological polar surface area (TPSA) is 76.8 Å². The van der Waals surface area contributed by atoms with Crippen LogP contribution in [0, 0.1) is 6.92 Å². The fraction of sp³-hybridized carbons (Fsp3) is 0.556. The van der Waals surface area contributed by atoms with Crippen LogP contribution in [0.2, 0.25) is 5.15 Å². The highest BCUT2D eigenvalue weighted by Crippen LogP contribution is 2.36. The molecule has 142 valence electrons. The zero-order chi connectivity index (χ0) is 18.8. The summed E-state index contributed by atoms with van der Waals surface area (Å²) in [5.74, 6) is -0.183. The normalized spacial score (nSPS) is 20.3. The SMILES string of the molecule is CCC1CC(Nc2c(C(=O)N(C)OC)oc3c(C)nc(Cl)cc23)CCO1. The van der Waals surface area contributed by atoms with E-state index in [9.17, 15) is 4.79 Å². The number of hydrogen-bond acceptors (Lipinski definition) is 6. The summed E-state index contributed by atoms with van der Waals surface area (Å²) in [6.07, 6.45) is 2.90. The van der Waals surface area contributed by atoms with Crippen molar-refractivity contribution in [2.24, 2.45) is 0 Å². The third-order valence-corrected chi connectivity index (χ3v) is 4.93. The standard InChI is InChI=1S/C18H24ClN3O4/c1-5-12-8-11(6-7-25-12)21-15-13-9-14(19)20-10(2)16(13)26-17(15)18(23)22(3)24-4/h9,11-12,21H,5-8H2,1-4H3. The zero-order valence-corrected chi connectivity index (χ0v) is 16.2. The summed E-state index contributed by atoms with van der Waals surface area (Å²) >= 11 is 6.14. The molecule has 0 aliphatic carbocycles. The molecular formula is C18H24ClN3O4. The summed E-state index contributed by atoms with van der Waals surface area (Å²) in [7, 11) is 2.97. The fourth-order valence-electron chi connectivity index (χ4n) is 3.23. The van der Waals surface area contributed by atoms with Crippen LogP contribution in [0.15, 0.2) is 10.5 Å². The molecule has 3 heterocycles. The summed E-state index contributed by atoms with van der Waals surface area (Å²) in [6, 6.07) is 1.90. The maximum atomic E-state index is 12.7. The van der Waals surface area contributed by atoms with E-state index < -0.39 is 0 Å². The van der Waals surface area contributed by atoms with E-state index in [0.717, 1.165) is 29.7 Å². The van der Waals surface area contributed by atoms with Gasteiger partial charge < -0.3 is 14.5 Å². The Morgan fingerprint density at radius 3 is 3.00 bits per heavy atom. The summed E-state index contributed by atoms with van der Waals surface area (Å²) in [5, 5.41) is 5.72. The van der Waals surface area contributed by atoms with E-state index in [1.165, 1.54) is 7.11 Å². The maximum Gasteiger partial charge on any atom is 0.315 e. The number of carbonyl (C=O) groups excluding carboxylic acids is 1. The minimum absolute atomic E-state index is 0.182. The van der Waals surface area contributed by atoms with Crippen LogP contribution in [-0.4, -0.2) is 48.9 Å². The van der Waals surface area contributed by atoms with Crippen molar-refractivity contribution in [3.8, 4) is 0 Å². The number of hydrogen-bond donors (Lipinski definition) is 1. The number of hydroxylamine groups is 2. The Kier molecular flexibility index (Phi) is 5.70. The van der Waals surface area contributed by atoms with Gasteiger partial charge in [0.1, 0.15) is 5.15 Å². The second-order valence-electron chi connectivity index (χ2n) is 6.47. The minimum Gasteiger partial charge on any atom is -0.447 e. The minimum atomic E-state index is -0.374. The molecule has 0 spiro atoms. The van der Waals surface area contributed by atoms with Gasteiger partial charge >= 0.3 is 5.91 Å². The smallest absolute Gasteiger partial charge is 0.315 e. The first kappa shape index (κ1) is 18.9. The number of aryl methyl sites for hydroxylation is 1. The molecular weight excluding hydrogens is 358 g/mol. The van der Waals surface area contributed by atoms with Crippen LogP contribution < -0.4 is 5.32 Å². The number of fused-ring (bicyclic) bond motifs is 1. The van der Waals surface area contributed by atoms with Crippen LogP contribution >= 0.6 is 11.6 Å². The Labute approximate surface area is 157 Å². The number of ether oxygens (including phenoxy) is 1. The van der Waals surface area contributed by atoms with E-state index in [0.29, 0.717) is 28.7 Å². The predicted octanol–water partition coefficient (Wildman–Crippen LogP) is 3.79. The third-order valence-electron chi connectivity index (χ3n) is 4.74. The van der Waals surface area contributed by atoms with Crippen LogP contribution in [0.4, 0.5) is 5.69 Å². The quantitative estimate of drug-likeness (QED) is 0.627. The monoisotopic (exact) mass is 381 g/mol. The molecule has 1 aliphatic heterocycles. The number of halogens is 1. The lowest BCUT2D eigenvalue weighted by Gasteiger charge is -2.30. The Morgan fingerprint density at radius 1 is 1.54 bits per heavy atom. The lowest BCUT2D eigenvalue weighted by Crippen LogP contribution is -2.34. The number of nitrogens with zero attached hydrogens (tertiary/aromatic N) is 2. The second-order valence-corrected chi connectivity index (χ2v) is 6.85. The van der Waals surface area contributed by atoms with E-state index in [2.05, 4.69) is 17.2 Å². The van der Waals surface area contributed by atoms with Gasteiger partial charge in [0, 0.05) is 25.1 Å². The molecule has 1 aliphatic rings. The highest BCUT2D eigenvalue weighted by Gasteiger charge is 2.29. The van der Waals surface area contributed by atoms with E-state index in [4.69, 9.17) is 25.6 Å². The van der Waals surface area contributed by atoms with Gasteiger partial charge in [0.05, 0.1) is 24.6 Å². The summed E-state index contributed by atoms with van der Waals surface area (Å²) in [5.41, 5.74) is 1.81. The van der Waals surface area contributed by atoms with Gasteiger partial charge in [-0.25, -0.2) is 10.0 Å². The molecule has 2 atom stereocenters. The summed E-state index contributed by atoms with van der Waals surface area (Å²) in [6.45, 7) is 4.60. The molecule has 2 unspecified atom stereocenters. The molecule has 0 radical (unpaired) electrons. The molecule has 0 aromatic carbocycles. The molecule has 1 saturated heterocycles. The lowest BCUT2D eigenvalue weighted by molar-refractivity contribution is -0.0771. The van der Waals surface area contributed by atoms with E-state index >= 15 is 0 Å². The molecule has 1 fully saturated rings. The lowest BCUT2D eigenvalue weighted by atomic mass is 10.0. The summed E-state index contributed by atoms with van der Waals surface area (Å²) < 4.78 is 11.6. The molecule has 0 saturated carbocycles. The van der Waals surface area contributed by atoms with Gasteiger partial charge in [-0.2, -0.15) is 0 Å². The van der Waals surface area contributed by atoms with Crippen molar-refractivity contribution in [3.05, 3.63) is 22.7 Å². The van der Waals surface area contributed by atoms with E-state index in [1.807, 2.05) is 0 Å². The van der Waals surface area contributed by atoms with Crippen LogP contribution in [0.5, 0.6) is 0 Å². The molecule has 7 nitrogen and oxygen atoms in total. The molecule has 26 heavy (non-hydrogen) atoms. The van der Waals surface area contributed by atoms with Crippen molar-refractivity contribution in [1.82, 2.24) is 10.0 Å². The Morgan fingerprint density at radius 2 is 2.31 bits per heavy atom. The van der Waals surface area contributed by atoms with Crippen LogP contribution in [-0.2, 0) is 9.57 Å². The Bertz CT molecular complexity index is 807. The fourth-order valence-corrected chi connectivity index (χ4v) is 3.47. The molecule has 0 bridgehead atoms. The zero-order valence-electron chi connectivity index (χ0n) is 15.5. The van der Waals surface area contributed by atoms with Crippen molar-refractivity contribution >= 4 is 34.2 Å². The maximum absolute atomic E-state index is 12.7. The highest BCUT2D eigenvalue weighted by atomic mass is 35.5. The van der Waals surface area contributed by atoms with Crippen molar-refractivity contribution in [1.29, 1.82) is 0 Å². The van der Waals surface area contributed by atoms with Crippen molar-refractivity contribution in [2.75, 3.05) is 26.1 Å². The number of furan rings is 1. The molecule has 8 heteroatoms. The molecule has 1 amide bonds. The largest absolute Gasteiger partial charge is 0.447 e. The highest BCUT2D eigenvalue weighted by molar-refractivity contribution is 6.30. The van der Waals surface area contributed by atoms with Crippen molar-refractivity contribution in [2.45, 2.75) is 45.3 Å². The van der Waals surface area contributed by atoms with Crippen molar-refractivity contribution < 1.29 is 18.8 Å². The number of pyridine rings is 1. The molecule has 2 aromatic rings. The van der Waals surface area contributed by atoms with Gasteiger partial charge in [-0.05, 0) is 32.3 Å². The van der Waals surface area contributed by atoms with Gasteiger partial charge in [0.25, 0.3) is 0 Å². The second kappa shape index (κ2) is 7.82. The van der Waals surface area contributed by atoms with E-state index in [1.54, 1.807) is 20.0 Å². The number of nitrogens with one attached hydrogen (secondary N) is 1. The van der Waals surface area contributed by atoms with Gasteiger partial charge in [0.15, 0.2) is 5.58 Å². The third kappa shape index (κ3) is 3.65. The number of amides is 1. The first-order chi connectivity index (χ1) is 12.4. The first-order valence-corrected chi connectivity index (χ1v) is 9.12. The Hall–Kier alpha value is -1.83. The van der Waals surface area contributed by atoms with Gasteiger partial charge in [-0.3, -0.25) is 9.63 Å². The average Bonchev–Trinajstić information content (AvgIpc) is 2.99. The molecule has 3 rings (SSSR count). The van der Waals surface area contributed by atoms with Gasteiger partial charge in [0.2, 0.25) is 5.76 Å². The number of rotatable bonds is 5. The average molecular weight is 382 g/mol.